The molecule has 104 valence electrons. The Kier molecular flexibility index (Phi) is 5.99. The maximum atomic E-state index is 12.8. The van der Waals surface area contributed by atoms with Gasteiger partial charge in [-0.05, 0) is 45.0 Å². The number of amidine groups is 1. The number of aliphatic imine (C=N–C) groups is 1. The topological polar surface area (TPSA) is 41.9 Å². The van der Waals surface area contributed by atoms with E-state index in [-0.39, 0.29) is 5.82 Å². The highest BCUT2D eigenvalue weighted by Gasteiger charge is 2.12. The van der Waals surface area contributed by atoms with Crippen LogP contribution in [0.5, 0.6) is 0 Å². The molecule has 5 heteroatoms. The fourth-order valence-corrected chi connectivity index (χ4v) is 1.56. The summed E-state index contributed by atoms with van der Waals surface area (Å²) in [7, 11) is 0. The number of hydrogen-bond acceptors (Lipinski definition) is 2. The van der Waals surface area contributed by atoms with Crippen LogP contribution in [0, 0.1) is 5.82 Å². The molecule has 1 amide bonds. The number of halogens is 1. The molecule has 1 rings (SSSR count). The Morgan fingerprint density at radius 2 is 1.79 bits per heavy atom. The second-order valence-electron chi connectivity index (χ2n) is 3.81. The molecule has 0 aliphatic rings. The molecular weight excluding hydrogens is 247 g/mol. The van der Waals surface area contributed by atoms with Gasteiger partial charge < -0.3 is 9.64 Å². The Bertz CT molecular complexity index is 439. The third-order valence-electron chi connectivity index (χ3n) is 2.60. The van der Waals surface area contributed by atoms with E-state index in [0.29, 0.717) is 31.3 Å². The first-order valence-electron chi connectivity index (χ1n) is 6.38. The van der Waals surface area contributed by atoms with Gasteiger partial charge in [-0.2, -0.15) is 4.99 Å². The predicted molar refractivity (Wildman–Crippen MR) is 72.7 cm³/mol. The van der Waals surface area contributed by atoms with Gasteiger partial charge in [0.1, 0.15) is 5.82 Å². The Labute approximate surface area is 112 Å². The Balaban J connectivity index is 2.94. The quantitative estimate of drug-likeness (QED) is 0.621. The van der Waals surface area contributed by atoms with Crippen LogP contribution in [-0.4, -0.2) is 36.5 Å². The lowest BCUT2D eigenvalue weighted by Gasteiger charge is -2.21. The van der Waals surface area contributed by atoms with Crippen molar-refractivity contribution in [3.63, 3.8) is 0 Å². The van der Waals surface area contributed by atoms with E-state index < -0.39 is 5.91 Å². The third-order valence-corrected chi connectivity index (χ3v) is 2.60. The van der Waals surface area contributed by atoms with Crippen LogP contribution in [0.3, 0.4) is 0 Å². The minimum Gasteiger partial charge on any atom is -0.465 e. The Hall–Kier alpha value is -1.91. The molecule has 0 spiro atoms. The van der Waals surface area contributed by atoms with Crippen molar-refractivity contribution < 1.29 is 13.9 Å². The minimum atomic E-state index is -0.435. The average Bonchev–Trinajstić information content (AvgIpc) is 2.41. The SMILES string of the molecule is CCOC(=NC(=O)c1ccc(F)cc1)N(CC)CC. The highest BCUT2D eigenvalue weighted by molar-refractivity contribution is 6.01. The lowest BCUT2D eigenvalue weighted by Crippen LogP contribution is -2.33. The molecule has 0 fully saturated rings. The van der Waals surface area contributed by atoms with Gasteiger partial charge in [0.25, 0.3) is 11.9 Å². The van der Waals surface area contributed by atoms with Gasteiger partial charge in [0.2, 0.25) is 0 Å². The van der Waals surface area contributed by atoms with Crippen LogP contribution in [0.2, 0.25) is 0 Å². The molecule has 0 heterocycles. The fraction of sp³-hybridized carbons (Fsp3) is 0.429. The van der Waals surface area contributed by atoms with E-state index in [1.165, 1.54) is 24.3 Å². The van der Waals surface area contributed by atoms with Crippen LogP contribution in [-0.2, 0) is 4.74 Å². The molecular formula is C14H19FN2O2. The number of hydrogen-bond donors (Lipinski definition) is 0. The molecule has 0 radical (unpaired) electrons. The van der Waals surface area contributed by atoms with E-state index in [4.69, 9.17) is 4.74 Å². The van der Waals surface area contributed by atoms with E-state index in [1.807, 2.05) is 25.7 Å². The summed E-state index contributed by atoms with van der Waals surface area (Å²) in [6.45, 7) is 7.59. The van der Waals surface area contributed by atoms with Gasteiger partial charge in [-0.3, -0.25) is 4.79 Å². The molecule has 19 heavy (non-hydrogen) atoms. The van der Waals surface area contributed by atoms with Crippen LogP contribution in [0.15, 0.2) is 29.3 Å². The number of carbonyl (C=O) groups excluding carboxylic acids is 1. The number of benzene rings is 1. The van der Waals surface area contributed by atoms with Crippen molar-refractivity contribution in [1.82, 2.24) is 4.90 Å². The molecule has 4 nitrogen and oxygen atoms in total. The molecule has 0 aliphatic carbocycles. The zero-order valence-corrected chi connectivity index (χ0v) is 11.5. The summed E-state index contributed by atoms with van der Waals surface area (Å²) < 4.78 is 18.2. The maximum absolute atomic E-state index is 12.8. The van der Waals surface area contributed by atoms with Gasteiger partial charge in [-0.15, -0.1) is 0 Å². The Morgan fingerprint density at radius 1 is 1.21 bits per heavy atom. The van der Waals surface area contributed by atoms with Crippen LogP contribution in [0.4, 0.5) is 4.39 Å². The van der Waals surface area contributed by atoms with Gasteiger partial charge >= 0.3 is 0 Å². The van der Waals surface area contributed by atoms with Gasteiger partial charge in [0.05, 0.1) is 6.61 Å². The van der Waals surface area contributed by atoms with Crippen LogP contribution in [0.1, 0.15) is 31.1 Å². The van der Waals surface area contributed by atoms with E-state index in [9.17, 15) is 9.18 Å². The molecule has 0 unspecified atom stereocenters. The third kappa shape index (κ3) is 4.35. The van der Waals surface area contributed by atoms with Crippen LogP contribution < -0.4 is 0 Å². The normalized spacial score (nSPS) is 11.3. The van der Waals surface area contributed by atoms with Crippen molar-refractivity contribution in [2.75, 3.05) is 19.7 Å². The molecule has 0 atom stereocenters. The highest BCUT2D eigenvalue weighted by Crippen LogP contribution is 2.06. The van der Waals surface area contributed by atoms with Crippen molar-refractivity contribution in [3.05, 3.63) is 35.6 Å². The van der Waals surface area contributed by atoms with E-state index >= 15 is 0 Å². The molecule has 1 aromatic carbocycles. The smallest absolute Gasteiger partial charge is 0.295 e. The number of carbonyl (C=O) groups is 1. The standard InChI is InChI=1S/C14H19FN2O2/c1-4-17(5-2)14(19-6-3)16-13(18)11-7-9-12(15)10-8-11/h7-10H,4-6H2,1-3H3. The predicted octanol–water partition coefficient (Wildman–Crippen LogP) is 2.70. The van der Waals surface area contributed by atoms with Gasteiger partial charge in [-0.1, -0.05) is 0 Å². The van der Waals surface area contributed by atoms with Crippen molar-refractivity contribution >= 4 is 11.9 Å². The largest absolute Gasteiger partial charge is 0.465 e. The summed E-state index contributed by atoms with van der Waals surface area (Å²) in [5, 5.41) is 0. The van der Waals surface area contributed by atoms with Crippen molar-refractivity contribution in [3.8, 4) is 0 Å². The summed E-state index contributed by atoms with van der Waals surface area (Å²) in [4.78, 5) is 17.8. The lowest BCUT2D eigenvalue weighted by molar-refractivity contribution is 0.0994. The molecule has 0 saturated carbocycles. The lowest BCUT2D eigenvalue weighted by atomic mass is 10.2. The van der Waals surface area contributed by atoms with Gasteiger partial charge in [0, 0.05) is 18.7 Å². The number of amides is 1. The second-order valence-corrected chi connectivity index (χ2v) is 3.81. The zero-order valence-electron chi connectivity index (χ0n) is 11.5. The molecule has 1 aromatic rings. The fourth-order valence-electron chi connectivity index (χ4n) is 1.56. The maximum Gasteiger partial charge on any atom is 0.295 e. The number of rotatable bonds is 4. The first kappa shape index (κ1) is 15.1. The summed E-state index contributed by atoms with van der Waals surface area (Å²) in [6.07, 6.45) is 0. The number of nitrogens with zero attached hydrogens (tertiary/aromatic N) is 2. The molecule has 0 saturated heterocycles. The van der Waals surface area contributed by atoms with Crippen molar-refractivity contribution in [2.45, 2.75) is 20.8 Å². The van der Waals surface area contributed by atoms with Crippen LogP contribution in [0.25, 0.3) is 0 Å². The summed E-state index contributed by atoms with van der Waals surface area (Å²) in [5.41, 5.74) is 0.339. The van der Waals surface area contributed by atoms with E-state index in [2.05, 4.69) is 4.99 Å². The van der Waals surface area contributed by atoms with Crippen molar-refractivity contribution in [1.29, 1.82) is 0 Å². The van der Waals surface area contributed by atoms with Gasteiger partial charge in [0.15, 0.2) is 0 Å². The molecule has 0 aliphatic heterocycles. The summed E-state index contributed by atoms with van der Waals surface area (Å²) >= 11 is 0. The molecule has 0 bridgehead atoms. The van der Waals surface area contributed by atoms with E-state index in [1.54, 1.807) is 0 Å². The average molecular weight is 266 g/mol. The van der Waals surface area contributed by atoms with E-state index in [0.717, 1.165) is 0 Å². The van der Waals surface area contributed by atoms with Crippen molar-refractivity contribution in [2.24, 2.45) is 4.99 Å². The van der Waals surface area contributed by atoms with Gasteiger partial charge in [-0.25, -0.2) is 4.39 Å². The zero-order chi connectivity index (χ0) is 14.3. The first-order valence-corrected chi connectivity index (χ1v) is 6.38. The highest BCUT2D eigenvalue weighted by atomic mass is 19.1. The first-order chi connectivity index (χ1) is 9.12. The molecule has 0 aromatic heterocycles. The summed E-state index contributed by atoms with van der Waals surface area (Å²) in [5.74, 6) is -0.815. The summed E-state index contributed by atoms with van der Waals surface area (Å²) in [6, 6.07) is 5.60. The second kappa shape index (κ2) is 7.51. The number of ether oxygens (including phenoxy) is 1. The Morgan fingerprint density at radius 3 is 2.26 bits per heavy atom. The molecule has 0 N–H and O–H groups in total. The minimum absolute atomic E-state index is 0.307. The monoisotopic (exact) mass is 266 g/mol. The van der Waals surface area contributed by atoms with Crippen LogP contribution >= 0.6 is 0 Å².